The molecule has 0 aromatic heterocycles. The second kappa shape index (κ2) is 36.5. The lowest BCUT2D eigenvalue weighted by molar-refractivity contribution is -0.301. The first-order valence-electron chi connectivity index (χ1n) is 26.3. The van der Waals surface area contributed by atoms with E-state index in [0.717, 1.165) is 4.90 Å². The van der Waals surface area contributed by atoms with Gasteiger partial charge in [0.15, 0.2) is 24.7 Å². The van der Waals surface area contributed by atoms with Gasteiger partial charge in [0.1, 0.15) is 84.8 Å². The molecule has 30 nitrogen and oxygen atoms in total. The lowest BCUT2D eigenvalue weighted by Gasteiger charge is -2.39. The maximum Gasteiger partial charge on any atom is 0.239 e. The first-order chi connectivity index (χ1) is 37.1. The highest BCUT2D eigenvalue weighted by molar-refractivity contribution is 5.91. The molecule has 3 aliphatic rings. The Morgan fingerprint density at radius 1 is 0.462 bits per heavy atom. The lowest BCUT2D eigenvalue weighted by atomic mass is 9.99. The maximum absolute atomic E-state index is 13.5. The Morgan fingerprint density at radius 2 is 0.910 bits per heavy atom. The highest BCUT2D eigenvalue weighted by atomic mass is 16.7. The molecule has 30 heteroatoms. The van der Waals surface area contributed by atoms with Crippen molar-refractivity contribution in [1.29, 1.82) is 0 Å². The molecule has 0 unspecified atom stereocenters. The molecular weight excluding hydrogens is 1050 g/mol. The average molecular weight is 1130 g/mol. The van der Waals surface area contributed by atoms with Gasteiger partial charge in [0.2, 0.25) is 23.6 Å². The predicted molar refractivity (Wildman–Crippen MR) is 263 cm³/mol. The largest absolute Gasteiger partial charge is 0.394 e. The Kier molecular flexibility index (Phi) is 32.0. The molecular formula is C48H83N5O25. The van der Waals surface area contributed by atoms with E-state index in [2.05, 4.69) is 21.3 Å². The number of hydrogen-bond acceptors (Lipinski definition) is 26. The van der Waals surface area contributed by atoms with Crippen LogP contribution in [0.5, 0.6) is 0 Å². The number of nitrogens with one attached hydrogen (secondary N) is 4. The van der Waals surface area contributed by atoms with E-state index in [1.807, 2.05) is 0 Å². The van der Waals surface area contributed by atoms with Crippen molar-refractivity contribution >= 4 is 41.0 Å². The quantitative estimate of drug-likeness (QED) is 0.0255. The fraction of sp³-hybridized carbons (Fsp3) is 0.854. The number of aliphatic hydroxyl groups excluding tert-OH is 12. The Hall–Kier alpha value is -3.87. The minimum absolute atomic E-state index is 0.0125. The van der Waals surface area contributed by atoms with Gasteiger partial charge in [-0.1, -0.05) is 6.92 Å². The van der Waals surface area contributed by atoms with Gasteiger partial charge in [0.05, 0.1) is 71.9 Å². The number of ether oxygens (including phenoxy) is 6. The number of carbonyl (C=O) groups excluding carboxylic acids is 7. The van der Waals surface area contributed by atoms with Crippen molar-refractivity contribution in [2.24, 2.45) is 0 Å². The van der Waals surface area contributed by atoms with E-state index in [1.54, 1.807) is 6.92 Å². The zero-order chi connectivity index (χ0) is 57.9. The summed E-state index contributed by atoms with van der Waals surface area (Å²) in [6.07, 6.45) is -20.3. The molecule has 3 fully saturated rings. The van der Waals surface area contributed by atoms with Gasteiger partial charge in [-0.25, -0.2) is 0 Å². The number of nitrogens with zero attached hydrogens (tertiary/aromatic N) is 1. The van der Waals surface area contributed by atoms with Crippen LogP contribution in [0, 0.1) is 0 Å². The summed E-state index contributed by atoms with van der Waals surface area (Å²) in [5, 5.41) is 130. The number of amides is 4. The summed E-state index contributed by atoms with van der Waals surface area (Å²) in [5.74, 6) is -3.41. The van der Waals surface area contributed by atoms with Crippen LogP contribution in [0.25, 0.3) is 0 Å². The SMILES string of the molecule is CCC(=O)CCCCC(=O)NCCCC[C@H](NC(=O)CNC(=O)CN(CC(=O)CCCO[C@@H]1O[C@H](CO)[C@@H](O)[C@H](O)[C@H]1O)CC(=O)NCCO[C@@H]1O[C@H](CO)[C@@H](O)[C@H](O)[C@H]1O)C(=O)CCCO[C@H]1O[C@H](CO)[C@@H](O)[C@H](O)[C@@H]1O. The standard InChI is InChI=1S/C48H83N5O25/c1-2-26(57)9-3-4-13-33(60)49-14-6-5-11-28(29(59)12-8-17-74-47-44(71)41(68)38(65)31(24-55)77-47)52-34(61)19-51-36(63)22-53(20-27(58)10-7-16-73-46-43(70)40(67)37(64)30(23-54)76-46)21-35(62)50-15-18-75-48-45(72)42(69)39(66)32(25-56)78-48/h28,30-32,37-48,54-56,64-72H,2-25H2,1H3,(H,49,60)(H,50,62)(H,51,63)(H,52,61)/t28-,30+,31+,32+,37+,38+,39+,40-,41-,42-,43+,44-,45+,46+,47-,48+/m0/s1. The van der Waals surface area contributed by atoms with E-state index >= 15 is 0 Å². The predicted octanol–water partition coefficient (Wildman–Crippen LogP) is -8.02. The zero-order valence-corrected chi connectivity index (χ0v) is 43.8. The third kappa shape index (κ3) is 23.3. The van der Waals surface area contributed by atoms with Crippen LogP contribution in [0.3, 0.4) is 0 Å². The highest BCUT2D eigenvalue weighted by Gasteiger charge is 2.46. The van der Waals surface area contributed by atoms with E-state index in [-0.39, 0.29) is 83.1 Å². The van der Waals surface area contributed by atoms with Crippen molar-refractivity contribution in [3.8, 4) is 0 Å². The van der Waals surface area contributed by atoms with Crippen LogP contribution in [0.15, 0.2) is 0 Å². The van der Waals surface area contributed by atoms with Crippen molar-refractivity contribution in [3.63, 3.8) is 0 Å². The van der Waals surface area contributed by atoms with E-state index in [4.69, 9.17) is 28.4 Å². The third-order valence-corrected chi connectivity index (χ3v) is 13.0. The van der Waals surface area contributed by atoms with Crippen molar-refractivity contribution in [2.45, 2.75) is 182 Å². The zero-order valence-electron chi connectivity index (χ0n) is 43.8. The second-order valence-electron chi connectivity index (χ2n) is 19.3. The van der Waals surface area contributed by atoms with Gasteiger partial charge in [-0.05, 0) is 44.9 Å². The molecule has 78 heavy (non-hydrogen) atoms. The fourth-order valence-corrected chi connectivity index (χ4v) is 8.40. The number of aliphatic hydroxyl groups is 12. The molecule has 16 N–H and O–H groups in total. The Balaban J connectivity index is 1.59. The molecule has 0 saturated carbocycles. The van der Waals surface area contributed by atoms with Crippen LogP contribution in [0.1, 0.15) is 84.0 Å². The molecule has 0 bridgehead atoms. The minimum Gasteiger partial charge on any atom is -0.394 e. The normalized spacial score (nSPS) is 29.6. The van der Waals surface area contributed by atoms with Gasteiger partial charge in [-0.15, -0.1) is 0 Å². The summed E-state index contributed by atoms with van der Waals surface area (Å²) >= 11 is 0. The van der Waals surface area contributed by atoms with Crippen LogP contribution in [0.4, 0.5) is 0 Å². The smallest absolute Gasteiger partial charge is 0.239 e. The molecule has 0 radical (unpaired) electrons. The molecule has 0 spiro atoms. The van der Waals surface area contributed by atoms with E-state index in [9.17, 15) is 94.8 Å². The Labute approximate surface area is 450 Å². The van der Waals surface area contributed by atoms with Gasteiger partial charge in [0, 0.05) is 45.2 Å². The van der Waals surface area contributed by atoms with Crippen LogP contribution in [0.2, 0.25) is 0 Å². The van der Waals surface area contributed by atoms with E-state index < -0.39 is 173 Å². The summed E-state index contributed by atoms with van der Waals surface area (Å²) in [4.78, 5) is 91.4. The van der Waals surface area contributed by atoms with Gasteiger partial charge < -0.3 is 111 Å². The molecule has 450 valence electrons. The number of Topliss-reactive ketones (excluding diaryl/α,β-unsaturated/α-hetero) is 3. The van der Waals surface area contributed by atoms with Gasteiger partial charge in [-0.3, -0.25) is 38.5 Å². The van der Waals surface area contributed by atoms with Crippen LogP contribution in [-0.2, 0) is 62.0 Å². The van der Waals surface area contributed by atoms with Crippen LogP contribution in [-0.4, -0.2) is 284 Å². The summed E-state index contributed by atoms with van der Waals surface area (Å²) in [7, 11) is 0. The highest BCUT2D eigenvalue weighted by Crippen LogP contribution is 2.25. The van der Waals surface area contributed by atoms with Crippen molar-refractivity contribution in [1.82, 2.24) is 26.2 Å². The number of rotatable bonds is 38. The summed E-state index contributed by atoms with van der Waals surface area (Å²) in [6, 6.07) is -1.10. The monoisotopic (exact) mass is 1130 g/mol. The molecule has 0 aromatic carbocycles. The first kappa shape index (κ1) is 68.4. The molecule has 0 aliphatic carbocycles. The Bertz CT molecular complexity index is 1780. The second-order valence-corrected chi connectivity index (χ2v) is 19.3. The molecule has 3 heterocycles. The Morgan fingerprint density at radius 3 is 1.41 bits per heavy atom. The van der Waals surface area contributed by atoms with Gasteiger partial charge in [0.25, 0.3) is 0 Å². The van der Waals surface area contributed by atoms with Gasteiger partial charge >= 0.3 is 0 Å². The lowest BCUT2D eigenvalue weighted by Crippen LogP contribution is -2.59. The fourth-order valence-electron chi connectivity index (χ4n) is 8.40. The molecule has 0 aromatic rings. The average Bonchev–Trinajstić information content (AvgIpc) is 3.42. The van der Waals surface area contributed by atoms with E-state index in [1.165, 1.54) is 0 Å². The van der Waals surface area contributed by atoms with Crippen molar-refractivity contribution in [3.05, 3.63) is 0 Å². The topological polar surface area (TPSA) is 469 Å². The molecule has 3 saturated heterocycles. The summed E-state index contributed by atoms with van der Waals surface area (Å²) < 4.78 is 32.2. The summed E-state index contributed by atoms with van der Waals surface area (Å²) in [6.45, 7) is -3.31. The molecule has 16 atom stereocenters. The number of hydrogen-bond donors (Lipinski definition) is 16. The molecule has 4 amide bonds. The van der Waals surface area contributed by atoms with Crippen LogP contribution >= 0.6 is 0 Å². The van der Waals surface area contributed by atoms with Gasteiger partial charge in [-0.2, -0.15) is 0 Å². The minimum atomic E-state index is -1.71. The number of unbranched alkanes of at least 4 members (excludes halogenated alkanes) is 2. The molecule has 3 aliphatic heterocycles. The van der Waals surface area contributed by atoms with Crippen LogP contribution < -0.4 is 21.3 Å². The van der Waals surface area contributed by atoms with Crippen molar-refractivity contribution < 1.29 is 123 Å². The third-order valence-electron chi connectivity index (χ3n) is 13.0. The maximum atomic E-state index is 13.5. The number of carbonyl (C=O) groups is 7. The first-order valence-corrected chi connectivity index (χ1v) is 26.3. The number of ketones is 3. The summed E-state index contributed by atoms with van der Waals surface area (Å²) in [5.41, 5.74) is 0. The molecule has 3 rings (SSSR count). The van der Waals surface area contributed by atoms with Crippen molar-refractivity contribution in [2.75, 3.05) is 78.9 Å². The van der Waals surface area contributed by atoms with E-state index in [0.29, 0.717) is 38.5 Å².